The van der Waals surface area contributed by atoms with Gasteiger partial charge in [-0.25, -0.2) is 4.79 Å². The molecular weight excluding hydrogens is 272 g/mol. The minimum absolute atomic E-state index is 0.0560. The molecule has 0 radical (unpaired) electrons. The Kier molecular flexibility index (Phi) is 5.93. The molecule has 0 aliphatic carbocycles. The molecule has 0 saturated heterocycles. The van der Waals surface area contributed by atoms with Crippen LogP contribution in [0.1, 0.15) is 75.5 Å². The van der Waals surface area contributed by atoms with Crippen LogP contribution in [0.3, 0.4) is 0 Å². The van der Waals surface area contributed by atoms with E-state index in [-0.39, 0.29) is 11.7 Å². The third-order valence-corrected chi connectivity index (χ3v) is 3.77. The normalized spacial score (nSPS) is 14.0. The molecule has 0 aliphatic rings. The van der Waals surface area contributed by atoms with Gasteiger partial charge in [0.2, 0.25) is 5.76 Å². The third-order valence-electron chi connectivity index (χ3n) is 3.77. The fraction of sp³-hybridized carbons (Fsp3) is 0.667. The lowest BCUT2D eigenvalue weighted by Crippen LogP contribution is -2.52. The number of carbonyl (C=O) groups excluding carboxylic acids is 1. The second-order valence-corrected chi connectivity index (χ2v) is 5.47. The van der Waals surface area contributed by atoms with Crippen molar-refractivity contribution in [3.05, 3.63) is 17.5 Å². The zero-order chi connectivity index (χ0) is 16.0. The van der Waals surface area contributed by atoms with E-state index in [1.807, 2.05) is 20.8 Å². The number of carboxylic acids is 1. The molecular formula is C15H24N2O4. The summed E-state index contributed by atoms with van der Waals surface area (Å²) < 4.78 is 5.06. The van der Waals surface area contributed by atoms with Crippen molar-refractivity contribution < 1.29 is 19.2 Å². The van der Waals surface area contributed by atoms with Crippen molar-refractivity contribution in [3.63, 3.8) is 0 Å². The second kappa shape index (κ2) is 7.24. The molecule has 0 saturated carbocycles. The van der Waals surface area contributed by atoms with Crippen molar-refractivity contribution in [2.75, 3.05) is 0 Å². The molecule has 1 aromatic heterocycles. The largest absolute Gasteiger partial charge is 0.480 e. The fourth-order valence-corrected chi connectivity index (χ4v) is 2.33. The average molecular weight is 296 g/mol. The Bertz CT molecular complexity index is 494. The number of carboxylic acid groups (broad SMARTS) is 1. The van der Waals surface area contributed by atoms with Crippen molar-refractivity contribution >= 4 is 11.9 Å². The SMILES string of the molecule is CCCC(C)(NC(=O)c1cc(C(CC)CC)no1)C(=O)O. The van der Waals surface area contributed by atoms with Crippen LogP contribution >= 0.6 is 0 Å². The molecule has 2 N–H and O–H groups in total. The first-order valence-corrected chi connectivity index (χ1v) is 7.40. The van der Waals surface area contributed by atoms with E-state index in [2.05, 4.69) is 10.5 Å². The van der Waals surface area contributed by atoms with Gasteiger partial charge in [0.1, 0.15) is 5.54 Å². The molecule has 1 atom stereocenters. The molecule has 0 bridgehead atoms. The molecule has 1 rings (SSSR count). The highest BCUT2D eigenvalue weighted by Crippen LogP contribution is 2.23. The molecule has 1 amide bonds. The Labute approximate surface area is 124 Å². The maximum absolute atomic E-state index is 12.1. The molecule has 6 nitrogen and oxygen atoms in total. The van der Waals surface area contributed by atoms with Gasteiger partial charge in [-0.05, 0) is 26.2 Å². The first kappa shape index (κ1) is 17.2. The molecule has 118 valence electrons. The highest BCUT2D eigenvalue weighted by Gasteiger charge is 2.35. The number of aromatic nitrogens is 1. The quantitative estimate of drug-likeness (QED) is 0.769. The van der Waals surface area contributed by atoms with Crippen molar-refractivity contribution in [1.29, 1.82) is 0 Å². The van der Waals surface area contributed by atoms with E-state index in [0.29, 0.717) is 12.8 Å². The van der Waals surface area contributed by atoms with E-state index < -0.39 is 17.4 Å². The minimum Gasteiger partial charge on any atom is -0.480 e. The number of aliphatic carboxylic acids is 1. The summed E-state index contributed by atoms with van der Waals surface area (Å²) in [6.07, 6.45) is 2.82. The van der Waals surface area contributed by atoms with E-state index in [4.69, 9.17) is 4.52 Å². The fourth-order valence-electron chi connectivity index (χ4n) is 2.33. The van der Waals surface area contributed by atoms with Gasteiger partial charge in [0.15, 0.2) is 0 Å². The summed E-state index contributed by atoms with van der Waals surface area (Å²) in [4.78, 5) is 23.5. The maximum atomic E-state index is 12.1. The Balaban J connectivity index is 2.86. The van der Waals surface area contributed by atoms with Gasteiger partial charge in [-0.15, -0.1) is 0 Å². The Morgan fingerprint density at radius 2 is 2.00 bits per heavy atom. The third kappa shape index (κ3) is 4.06. The molecule has 21 heavy (non-hydrogen) atoms. The smallest absolute Gasteiger partial charge is 0.329 e. The topological polar surface area (TPSA) is 92.4 Å². The van der Waals surface area contributed by atoms with E-state index in [9.17, 15) is 14.7 Å². The van der Waals surface area contributed by atoms with Crippen LogP contribution in [0.2, 0.25) is 0 Å². The van der Waals surface area contributed by atoms with Crippen LogP contribution in [0, 0.1) is 0 Å². The number of hydrogen-bond acceptors (Lipinski definition) is 4. The summed E-state index contributed by atoms with van der Waals surface area (Å²) in [6, 6.07) is 1.60. The predicted octanol–water partition coefficient (Wildman–Crippen LogP) is 2.95. The molecule has 0 aromatic carbocycles. The van der Waals surface area contributed by atoms with E-state index in [1.165, 1.54) is 6.92 Å². The van der Waals surface area contributed by atoms with Crippen molar-refractivity contribution in [1.82, 2.24) is 10.5 Å². The van der Waals surface area contributed by atoms with E-state index in [1.54, 1.807) is 6.07 Å². The van der Waals surface area contributed by atoms with E-state index >= 15 is 0 Å². The second-order valence-electron chi connectivity index (χ2n) is 5.47. The Morgan fingerprint density at radius 1 is 1.38 bits per heavy atom. The zero-order valence-corrected chi connectivity index (χ0v) is 13.1. The highest BCUT2D eigenvalue weighted by atomic mass is 16.5. The van der Waals surface area contributed by atoms with Gasteiger partial charge in [0.25, 0.3) is 5.91 Å². The van der Waals surface area contributed by atoms with Crippen LogP contribution in [-0.4, -0.2) is 27.7 Å². The number of carbonyl (C=O) groups is 2. The summed E-state index contributed by atoms with van der Waals surface area (Å²) in [7, 11) is 0. The lowest BCUT2D eigenvalue weighted by Gasteiger charge is -2.24. The molecule has 1 unspecified atom stereocenters. The van der Waals surface area contributed by atoms with Gasteiger partial charge in [-0.2, -0.15) is 0 Å². The van der Waals surface area contributed by atoms with Crippen LogP contribution in [-0.2, 0) is 4.79 Å². The molecule has 6 heteroatoms. The molecule has 0 fully saturated rings. The number of rotatable bonds is 8. The summed E-state index contributed by atoms with van der Waals surface area (Å²) >= 11 is 0. The van der Waals surface area contributed by atoms with Crippen LogP contribution in [0.25, 0.3) is 0 Å². The van der Waals surface area contributed by atoms with Gasteiger partial charge in [0, 0.05) is 12.0 Å². The van der Waals surface area contributed by atoms with Crippen LogP contribution in [0.15, 0.2) is 10.6 Å². The lowest BCUT2D eigenvalue weighted by atomic mass is 9.96. The first-order valence-electron chi connectivity index (χ1n) is 7.40. The monoisotopic (exact) mass is 296 g/mol. The maximum Gasteiger partial charge on any atom is 0.329 e. The first-order chi connectivity index (χ1) is 9.87. The number of amides is 1. The predicted molar refractivity (Wildman–Crippen MR) is 78.2 cm³/mol. The molecule has 0 aliphatic heterocycles. The standard InChI is InChI=1S/C15H24N2O4/c1-5-8-15(4,14(19)20)16-13(18)12-9-11(17-21-12)10(6-2)7-3/h9-10H,5-8H2,1-4H3,(H,16,18)(H,19,20). The summed E-state index contributed by atoms with van der Waals surface area (Å²) in [6.45, 7) is 7.46. The summed E-state index contributed by atoms with van der Waals surface area (Å²) in [5.41, 5.74) is -0.564. The van der Waals surface area contributed by atoms with E-state index in [0.717, 1.165) is 18.5 Å². The van der Waals surface area contributed by atoms with Gasteiger partial charge < -0.3 is 14.9 Å². The van der Waals surface area contributed by atoms with Gasteiger partial charge in [-0.1, -0.05) is 32.3 Å². The molecule has 1 aromatic rings. The number of nitrogens with zero attached hydrogens (tertiary/aromatic N) is 1. The molecule has 1 heterocycles. The van der Waals surface area contributed by atoms with Crippen molar-refractivity contribution in [2.45, 2.75) is 64.8 Å². The van der Waals surface area contributed by atoms with Gasteiger partial charge in [-0.3, -0.25) is 4.79 Å². The Hall–Kier alpha value is -1.85. The van der Waals surface area contributed by atoms with Crippen LogP contribution in [0.4, 0.5) is 0 Å². The summed E-state index contributed by atoms with van der Waals surface area (Å²) in [5.74, 6) is -1.30. The molecule has 0 spiro atoms. The van der Waals surface area contributed by atoms with Gasteiger partial charge >= 0.3 is 5.97 Å². The van der Waals surface area contributed by atoms with Crippen LogP contribution < -0.4 is 5.32 Å². The van der Waals surface area contributed by atoms with Crippen molar-refractivity contribution in [3.8, 4) is 0 Å². The van der Waals surface area contributed by atoms with Crippen molar-refractivity contribution in [2.24, 2.45) is 0 Å². The highest BCUT2D eigenvalue weighted by molar-refractivity contribution is 5.95. The zero-order valence-electron chi connectivity index (χ0n) is 13.1. The van der Waals surface area contributed by atoms with Crippen LogP contribution in [0.5, 0.6) is 0 Å². The Morgan fingerprint density at radius 3 is 2.48 bits per heavy atom. The number of nitrogens with one attached hydrogen (secondary N) is 1. The minimum atomic E-state index is -1.30. The number of hydrogen-bond donors (Lipinski definition) is 2. The van der Waals surface area contributed by atoms with Gasteiger partial charge in [0.05, 0.1) is 5.69 Å². The average Bonchev–Trinajstić information content (AvgIpc) is 2.90. The summed E-state index contributed by atoms with van der Waals surface area (Å²) in [5, 5.41) is 15.7. The lowest BCUT2D eigenvalue weighted by molar-refractivity contribution is -0.144.